The lowest BCUT2D eigenvalue weighted by Gasteiger charge is -2.46. The van der Waals surface area contributed by atoms with E-state index >= 15 is 0 Å². The van der Waals surface area contributed by atoms with Gasteiger partial charge in [0.2, 0.25) is 0 Å². The van der Waals surface area contributed by atoms with Gasteiger partial charge < -0.3 is 0 Å². The molecule has 0 bridgehead atoms. The smallest absolute Gasteiger partial charge is 0.120 e. The van der Waals surface area contributed by atoms with Gasteiger partial charge in [0.15, 0.2) is 0 Å². The van der Waals surface area contributed by atoms with Crippen molar-refractivity contribution in [3.8, 4) is 0 Å². The highest BCUT2D eigenvalue weighted by Crippen LogP contribution is 2.49. The number of hydrogen-bond donors (Lipinski definition) is 0. The molecule has 0 radical (unpaired) electrons. The summed E-state index contributed by atoms with van der Waals surface area (Å²) in [5.74, 6) is 0. The van der Waals surface area contributed by atoms with E-state index in [1.807, 2.05) is 0 Å². The molecule has 4 heteroatoms. The standard InChI is InChI=1S/C42H90N3P/c1-7-13-19-25-31-37-43(38-32-26-20-14-8-2)46(44(39-33-27-21-15-9-3)40-34-28-22-16-10-4)45(41-35-29-23-17-11-5)42-36-30-24-18-12-6/h7-42H2,1-6H3. The molecule has 0 atom stereocenters. The molecule has 0 spiro atoms. The van der Waals surface area contributed by atoms with Crippen molar-refractivity contribution in [1.82, 2.24) is 14.0 Å². The van der Waals surface area contributed by atoms with Crippen LogP contribution in [0.25, 0.3) is 0 Å². The molecule has 0 heterocycles. The Bertz CT molecular complexity index is 441. The minimum Gasteiger partial charge on any atom is -0.257 e. The zero-order chi connectivity index (χ0) is 33.8. The first-order valence-electron chi connectivity index (χ1n) is 21.7. The van der Waals surface area contributed by atoms with Gasteiger partial charge in [-0.15, -0.1) is 0 Å². The fraction of sp³-hybridized carbons (Fsp3) is 1.00. The molecule has 0 N–H and O–H groups in total. The van der Waals surface area contributed by atoms with Gasteiger partial charge in [-0.1, -0.05) is 196 Å². The maximum absolute atomic E-state index is 3.10. The van der Waals surface area contributed by atoms with Crippen LogP contribution in [0.4, 0.5) is 0 Å². The highest BCUT2D eigenvalue weighted by atomic mass is 31.2. The lowest BCUT2D eigenvalue weighted by atomic mass is 10.1. The molecule has 278 valence electrons. The van der Waals surface area contributed by atoms with Gasteiger partial charge in [0.1, 0.15) is 8.37 Å². The second-order valence-electron chi connectivity index (χ2n) is 14.6. The molecule has 0 saturated carbocycles. The van der Waals surface area contributed by atoms with Crippen LogP contribution in [0.15, 0.2) is 0 Å². The van der Waals surface area contributed by atoms with Crippen LogP contribution >= 0.6 is 8.37 Å². The van der Waals surface area contributed by atoms with Crippen molar-refractivity contribution in [3.63, 3.8) is 0 Å². The molecule has 0 amide bonds. The van der Waals surface area contributed by atoms with Crippen molar-refractivity contribution < 1.29 is 0 Å². The third-order valence-corrected chi connectivity index (χ3v) is 12.6. The van der Waals surface area contributed by atoms with Crippen molar-refractivity contribution in [2.24, 2.45) is 0 Å². The molecule has 46 heavy (non-hydrogen) atoms. The second kappa shape index (κ2) is 38.1. The average molecular weight is 668 g/mol. The van der Waals surface area contributed by atoms with Crippen molar-refractivity contribution in [2.75, 3.05) is 39.3 Å². The molecule has 0 aromatic rings. The van der Waals surface area contributed by atoms with Crippen molar-refractivity contribution in [2.45, 2.75) is 234 Å². The summed E-state index contributed by atoms with van der Waals surface area (Å²) in [5, 5.41) is 0. The largest absolute Gasteiger partial charge is 0.257 e. The van der Waals surface area contributed by atoms with E-state index < -0.39 is 8.37 Å². The van der Waals surface area contributed by atoms with E-state index in [1.54, 1.807) is 0 Å². The third kappa shape index (κ3) is 28.2. The fourth-order valence-electron chi connectivity index (χ4n) is 6.80. The fourth-order valence-corrected chi connectivity index (χ4v) is 9.79. The molecule has 0 aromatic heterocycles. The molecule has 0 saturated heterocycles. The van der Waals surface area contributed by atoms with Crippen LogP contribution in [0.5, 0.6) is 0 Å². The predicted octanol–water partition coefficient (Wildman–Crippen LogP) is 14.9. The summed E-state index contributed by atoms with van der Waals surface area (Å²) in [4.78, 5) is 0. The van der Waals surface area contributed by atoms with Gasteiger partial charge in [-0.25, -0.2) is 0 Å². The van der Waals surface area contributed by atoms with Gasteiger partial charge in [-0.3, -0.25) is 14.0 Å². The molecule has 0 aliphatic carbocycles. The molecule has 0 fully saturated rings. The van der Waals surface area contributed by atoms with Gasteiger partial charge in [0, 0.05) is 39.3 Å². The SMILES string of the molecule is CCCCCCCN(CCCCCCC)P(N(CCCCCCC)CCCCCCC)N(CCCCCCC)CCCCCCC. The minimum absolute atomic E-state index is 0.398. The average Bonchev–Trinajstić information content (AvgIpc) is 3.06. The Morgan fingerprint density at radius 2 is 0.370 bits per heavy atom. The summed E-state index contributed by atoms with van der Waals surface area (Å²) in [6.07, 6.45) is 42.0. The third-order valence-electron chi connectivity index (χ3n) is 9.88. The van der Waals surface area contributed by atoms with E-state index in [4.69, 9.17) is 0 Å². The lowest BCUT2D eigenvalue weighted by Crippen LogP contribution is -2.40. The first-order valence-corrected chi connectivity index (χ1v) is 22.9. The number of unbranched alkanes of at least 4 members (excludes halogenated alkanes) is 24. The highest BCUT2D eigenvalue weighted by molar-refractivity contribution is 7.50. The van der Waals surface area contributed by atoms with Crippen LogP contribution in [-0.2, 0) is 0 Å². The Hall–Kier alpha value is 0.310. The van der Waals surface area contributed by atoms with Gasteiger partial charge >= 0.3 is 0 Å². The number of rotatable bonds is 39. The van der Waals surface area contributed by atoms with Crippen LogP contribution in [0.2, 0.25) is 0 Å². The van der Waals surface area contributed by atoms with E-state index in [0.29, 0.717) is 0 Å². The summed E-state index contributed by atoms with van der Waals surface area (Å²) in [7, 11) is -0.398. The van der Waals surface area contributed by atoms with E-state index in [0.717, 1.165) is 0 Å². The molecule has 0 unspecified atom stereocenters. The lowest BCUT2D eigenvalue weighted by molar-refractivity contribution is 0.293. The van der Waals surface area contributed by atoms with E-state index in [-0.39, 0.29) is 0 Å². The van der Waals surface area contributed by atoms with Gasteiger partial charge in [0.25, 0.3) is 0 Å². The summed E-state index contributed by atoms with van der Waals surface area (Å²) >= 11 is 0. The van der Waals surface area contributed by atoms with Gasteiger partial charge in [-0.05, 0) is 38.5 Å². The van der Waals surface area contributed by atoms with Gasteiger partial charge in [-0.2, -0.15) is 0 Å². The van der Waals surface area contributed by atoms with Crippen molar-refractivity contribution >= 4 is 8.37 Å². The van der Waals surface area contributed by atoms with Crippen LogP contribution < -0.4 is 0 Å². The predicted molar refractivity (Wildman–Crippen MR) is 214 cm³/mol. The molecule has 0 rings (SSSR count). The molecule has 0 aliphatic heterocycles. The monoisotopic (exact) mass is 668 g/mol. The van der Waals surface area contributed by atoms with E-state index in [1.165, 1.54) is 232 Å². The van der Waals surface area contributed by atoms with Crippen LogP contribution in [0.1, 0.15) is 234 Å². The Morgan fingerprint density at radius 3 is 0.522 bits per heavy atom. The van der Waals surface area contributed by atoms with E-state index in [9.17, 15) is 0 Å². The topological polar surface area (TPSA) is 9.72 Å². The highest BCUT2D eigenvalue weighted by Gasteiger charge is 2.31. The zero-order valence-electron chi connectivity index (χ0n) is 33.2. The van der Waals surface area contributed by atoms with E-state index in [2.05, 4.69) is 55.6 Å². The maximum atomic E-state index is 3.10. The minimum atomic E-state index is -0.398. The summed E-state index contributed by atoms with van der Waals surface area (Å²) < 4.78 is 9.30. The molecule has 0 aliphatic rings. The Labute approximate surface area is 295 Å². The molecule has 3 nitrogen and oxygen atoms in total. The second-order valence-corrected chi connectivity index (χ2v) is 16.8. The molecular formula is C42H90N3P. The van der Waals surface area contributed by atoms with Gasteiger partial charge in [0.05, 0.1) is 0 Å². The summed E-state index contributed by atoms with van der Waals surface area (Å²) in [6.45, 7) is 22.1. The Balaban J connectivity index is 6.22. The Morgan fingerprint density at radius 1 is 0.217 bits per heavy atom. The number of nitrogens with zero attached hydrogens (tertiary/aromatic N) is 3. The van der Waals surface area contributed by atoms with Crippen molar-refractivity contribution in [3.05, 3.63) is 0 Å². The molecular weight excluding hydrogens is 577 g/mol. The summed E-state index contributed by atoms with van der Waals surface area (Å²) in [5.41, 5.74) is 0. The number of hydrogen-bond acceptors (Lipinski definition) is 3. The summed E-state index contributed by atoms with van der Waals surface area (Å²) in [6, 6.07) is 0. The molecule has 0 aromatic carbocycles. The van der Waals surface area contributed by atoms with Crippen molar-refractivity contribution in [1.29, 1.82) is 0 Å². The normalized spacial score (nSPS) is 12.1. The van der Waals surface area contributed by atoms with Crippen LogP contribution in [0.3, 0.4) is 0 Å². The quantitative estimate of drug-likeness (QED) is 0.0477. The van der Waals surface area contributed by atoms with Crippen LogP contribution in [0, 0.1) is 0 Å². The zero-order valence-corrected chi connectivity index (χ0v) is 34.1. The first-order chi connectivity index (χ1) is 22.7. The van der Waals surface area contributed by atoms with Crippen LogP contribution in [-0.4, -0.2) is 53.3 Å². The maximum Gasteiger partial charge on any atom is 0.120 e. The Kier molecular flexibility index (Phi) is 38.4. The first kappa shape index (κ1) is 46.3.